The molecule has 0 radical (unpaired) electrons. The molecule has 0 saturated carbocycles. The first-order valence-corrected chi connectivity index (χ1v) is 7.15. The molecule has 2 heterocycles. The van der Waals surface area contributed by atoms with Crippen LogP contribution in [-0.4, -0.2) is 42.5 Å². The van der Waals surface area contributed by atoms with Crippen LogP contribution in [0.5, 0.6) is 0 Å². The molecule has 0 aromatic heterocycles. The Hall–Kier alpha value is -1.97. The van der Waals surface area contributed by atoms with Crippen LogP contribution in [0.2, 0.25) is 0 Å². The number of fused-ring (bicyclic) bond motifs is 1. The van der Waals surface area contributed by atoms with Crippen LogP contribution in [0.15, 0.2) is 36.2 Å². The average molecular weight is 272 g/mol. The third-order valence-corrected chi connectivity index (χ3v) is 3.95. The molecule has 1 fully saturated rings. The van der Waals surface area contributed by atoms with Crippen molar-refractivity contribution >= 4 is 5.97 Å². The molecule has 1 aromatic carbocycles. The molecular weight excluding hydrogens is 252 g/mol. The maximum absolute atomic E-state index is 11.6. The first-order chi connectivity index (χ1) is 9.78. The third-order valence-electron chi connectivity index (χ3n) is 3.95. The zero-order valence-corrected chi connectivity index (χ0v) is 11.8. The Morgan fingerprint density at radius 1 is 1.30 bits per heavy atom. The third kappa shape index (κ3) is 2.50. The molecule has 0 bridgehead atoms. The highest BCUT2D eigenvalue weighted by molar-refractivity contribution is 5.89. The van der Waals surface area contributed by atoms with Crippen molar-refractivity contribution in [2.75, 3.05) is 26.7 Å². The van der Waals surface area contributed by atoms with Crippen LogP contribution < -0.4 is 0 Å². The van der Waals surface area contributed by atoms with Gasteiger partial charge >= 0.3 is 5.97 Å². The maximum Gasteiger partial charge on any atom is 0.337 e. The maximum atomic E-state index is 11.6. The zero-order valence-electron chi connectivity index (χ0n) is 11.8. The molecule has 0 unspecified atom stereocenters. The smallest absolute Gasteiger partial charge is 0.337 e. The highest BCUT2D eigenvalue weighted by atomic mass is 16.5. The Morgan fingerprint density at radius 3 is 3.05 bits per heavy atom. The van der Waals surface area contributed by atoms with E-state index < -0.39 is 0 Å². The van der Waals surface area contributed by atoms with Crippen LogP contribution in [0.25, 0.3) is 0 Å². The second-order valence-electron chi connectivity index (χ2n) is 5.31. The zero-order chi connectivity index (χ0) is 13.9. The molecule has 4 heteroatoms. The van der Waals surface area contributed by atoms with E-state index in [9.17, 15) is 4.79 Å². The highest BCUT2D eigenvalue weighted by Gasteiger charge is 2.24. The number of carbonyl (C=O) groups excluding carboxylic acids is 1. The van der Waals surface area contributed by atoms with Crippen molar-refractivity contribution in [3.05, 3.63) is 47.3 Å². The fraction of sp³-hybridized carbons (Fsp3) is 0.438. The number of methoxy groups -OCH3 is 1. The number of hydrogen-bond donors (Lipinski definition) is 0. The highest BCUT2D eigenvalue weighted by Crippen LogP contribution is 2.25. The van der Waals surface area contributed by atoms with Gasteiger partial charge in [-0.25, -0.2) is 4.79 Å². The molecule has 2 aliphatic heterocycles. The van der Waals surface area contributed by atoms with E-state index in [0.717, 1.165) is 31.6 Å². The Kier molecular flexibility index (Phi) is 3.63. The predicted octanol–water partition coefficient (Wildman–Crippen LogP) is 2.23. The SMILES string of the molecule is COC(=O)c1cccc(CN2CCCN3CCC=C32)c1. The van der Waals surface area contributed by atoms with Gasteiger partial charge in [0.2, 0.25) is 0 Å². The van der Waals surface area contributed by atoms with Gasteiger partial charge in [0, 0.05) is 26.2 Å². The summed E-state index contributed by atoms with van der Waals surface area (Å²) in [5, 5.41) is 0. The van der Waals surface area contributed by atoms with Crippen LogP contribution in [-0.2, 0) is 11.3 Å². The molecule has 106 valence electrons. The Labute approximate surface area is 119 Å². The van der Waals surface area contributed by atoms with Crippen molar-refractivity contribution in [1.29, 1.82) is 0 Å². The molecule has 4 nitrogen and oxygen atoms in total. The van der Waals surface area contributed by atoms with Gasteiger partial charge in [0.1, 0.15) is 5.82 Å². The summed E-state index contributed by atoms with van der Waals surface area (Å²) in [7, 11) is 1.42. The van der Waals surface area contributed by atoms with Gasteiger partial charge < -0.3 is 14.5 Å². The van der Waals surface area contributed by atoms with E-state index >= 15 is 0 Å². The summed E-state index contributed by atoms with van der Waals surface area (Å²) in [5.74, 6) is 1.09. The molecule has 0 atom stereocenters. The number of carbonyl (C=O) groups is 1. The molecule has 0 aliphatic carbocycles. The Bertz CT molecular complexity index is 539. The lowest BCUT2D eigenvalue weighted by molar-refractivity contribution is 0.0600. The van der Waals surface area contributed by atoms with Crippen molar-refractivity contribution in [2.45, 2.75) is 19.4 Å². The van der Waals surface area contributed by atoms with E-state index in [2.05, 4.69) is 21.9 Å². The largest absolute Gasteiger partial charge is 0.465 e. The van der Waals surface area contributed by atoms with E-state index in [1.165, 1.54) is 25.9 Å². The summed E-state index contributed by atoms with van der Waals surface area (Å²) in [4.78, 5) is 16.4. The molecule has 0 N–H and O–H groups in total. The van der Waals surface area contributed by atoms with Gasteiger partial charge in [-0.05, 0) is 36.6 Å². The lowest BCUT2D eigenvalue weighted by Crippen LogP contribution is -2.40. The van der Waals surface area contributed by atoms with E-state index in [-0.39, 0.29) is 5.97 Å². The number of nitrogens with zero attached hydrogens (tertiary/aromatic N) is 2. The minimum atomic E-state index is -0.271. The normalized spacial score (nSPS) is 17.8. The predicted molar refractivity (Wildman–Crippen MR) is 77.1 cm³/mol. The molecule has 1 aromatic rings. The minimum absolute atomic E-state index is 0.271. The molecular formula is C16H20N2O2. The van der Waals surface area contributed by atoms with Gasteiger partial charge in [0.15, 0.2) is 0 Å². The van der Waals surface area contributed by atoms with Crippen LogP contribution in [0, 0.1) is 0 Å². The fourth-order valence-corrected chi connectivity index (χ4v) is 3.01. The van der Waals surface area contributed by atoms with E-state index in [1.807, 2.05) is 12.1 Å². The summed E-state index contributed by atoms with van der Waals surface area (Å²) >= 11 is 0. The fourth-order valence-electron chi connectivity index (χ4n) is 3.01. The van der Waals surface area contributed by atoms with E-state index in [1.54, 1.807) is 6.07 Å². The van der Waals surface area contributed by atoms with Crippen molar-refractivity contribution < 1.29 is 9.53 Å². The first kappa shape index (κ1) is 13.0. The van der Waals surface area contributed by atoms with Gasteiger partial charge in [0.05, 0.1) is 12.7 Å². The molecule has 20 heavy (non-hydrogen) atoms. The number of benzene rings is 1. The van der Waals surface area contributed by atoms with Crippen LogP contribution in [0.4, 0.5) is 0 Å². The van der Waals surface area contributed by atoms with Crippen molar-refractivity contribution in [3.8, 4) is 0 Å². The topological polar surface area (TPSA) is 32.8 Å². The average Bonchev–Trinajstić information content (AvgIpc) is 2.96. The van der Waals surface area contributed by atoms with Crippen LogP contribution in [0.3, 0.4) is 0 Å². The monoisotopic (exact) mass is 272 g/mol. The van der Waals surface area contributed by atoms with Gasteiger partial charge in [0.25, 0.3) is 0 Å². The number of ether oxygens (including phenoxy) is 1. The minimum Gasteiger partial charge on any atom is -0.465 e. The van der Waals surface area contributed by atoms with Gasteiger partial charge in [-0.1, -0.05) is 12.1 Å². The Morgan fingerprint density at radius 2 is 2.20 bits per heavy atom. The van der Waals surface area contributed by atoms with Gasteiger partial charge in [-0.15, -0.1) is 0 Å². The number of hydrogen-bond acceptors (Lipinski definition) is 4. The van der Waals surface area contributed by atoms with Crippen LogP contribution >= 0.6 is 0 Å². The lowest BCUT2D eigenvalue weighted by Gasteiger charge is -2.38. The summed E-state index contributed by atoms with van der Waals surface area (Å²) < 4.78 is 4.78. The van der Waals surface area contributed by atoms with Crippen molar-refractivity contribution in [2.24, 2.45) is 0 Å². The Balaban J connectivity index is 1.75. The summed E-state index contributed by atoms with van der Waals surface area (Å²) in [5.41, 5.74) is 1.78. The first-order valence-electron chi connectivity index (χ1n) is 7.15. The standard InChI is InChI=1S/C16H20N2O2/c1-20-16(19)14-6-2-5-13(11-14)12-18-10-4-9-17-8-3-7-15(17)18/h2,5-7,11H,3-4,8-10,12H2,1H3. The summed E-state index contributed by atoms with van der Waals surface area (Å²) in [6.07, 6.45) is 4.67. The second kappa shape index (κ2) is 5.57. The quantitative estimate of drug-likeness (QED) is 0.790. The molecule has 1 saturated heterocycles. The number of esters is 1. The van der Waals surface area contributed by atoms with Crippen molar-refractivity contribution in [3.63, 3.8) is 0 Å². The summed E-state index contributed by atoms with van der Waals surface area (Å²) in [6.45, 7) is 4.26. The van der Waals surface area contributed by atoms with Gasteiger partial charge in [-0.3, -0.25) is 0 Å². The van der Waals surface area contributed by atoms with Gasteiger partial charge in [-0.2, -0.15) is 0 Å². The second-order valence-corrected chi connectivity index (χ2v) is 5.31. The van der Waals surface area contributed by atoms with Crippen molar-refractivity contribution in [1.82, 2.24) is 9.80 Å². The molecule has 0 amide bonds. The lowest BCUT2D eigenvalue weighted by atomic mass is 10.1. The molecule has 3 rings (SSSR count). The molecule has 2 aliphatic rings. The van der Waals surface area contributed by atoms with Crippen LogP contribution in [0.1, 0.15) is 28.8 Å². The number of rotatable bonds is 3. The molecule has 0 spiro atoms. The van der Waals surface area contributed by atoms with E-state index in [4.69, 9.17) is 4.74 Å². The van der Waals surface area contributed by atoms with E-state index in [0.29, 0.717) is 5.56 Å². The summed E-state index contributed by atoms with van der Waals surface area (Å²) in [6, 6.07) is 7.72.